The molecule has 4 N–H and O–H groups in total. The minimum Gasteiger partial charge on any atom is -0.487 e. The molecule has 4 atom stereocenters. The lowest BCUT2D eigenvalue weighted by Crippen LogP contribution is -2.46. The van der Waals surface area contributed by atoms with Crippen LogP contribution in [0.25, 0.3) is 0 Å². The second-order valence-corrected chi connectivity index (χ2v) is 11.5. The van der Waals surface area contributed by atoms with Gasteiger partial charge in [0.05, 0.1) is 19.4 Å². The van der Waals surface area contributed by atoms with Gasteiger partial charge in [-0.05, 0) is 52.3 Å². The van der Waals surface area contributed by atoms with E-state index in [4.69, 9.17) is 18.9 Å². The number of carbonyl (C=O) groups is 2. The van der Waals surface area contributed by atoms with E-state index < -0.39 is 59.6 Å². The first-order valence-electron chi connectivity index (χ1n) is 14.3. The monoisotopic (exact) mass is 630 g/mol. The molecule has 1 fully saturated rings. The third-order valence-electron chi connectivity index (χ3n) is 6.91. The summed E-state index contributed by atoms with van der Waals surface area (Å²) in [7, 11) is 0. The number of amides is 1. The Hall–Kier alpha value is -4.54. The van der Waals surface area contributed by atoms with Crippen LogP contribution in [0, 0.1) is 6.92 Å². The van der Waals surface area contributed by atoms with Crippen molar-refractivity contribution in [2.45, 2.75) is 83.8 Å². The summed E-state index contributed by atoms with van der Waals surface area (Å²) in [5.41, 5.74) is -2.36. The Morgan fingerprint density at radius 1 is 1.22 bits per heavy atom. The van der Waals surface area contributed by atoms with Gasteiger partial charge in [-0.2, -0.15) is 0 Å². The Labute approximate surface area is 257 Å². The lowest BCUT2D eigenvalue weighted by Gasteiger charge is -2.29. The number of aliphatic hydroxyl groups excluding tert-OH is 2. The normalized spacial score (nSPS) is 20.4. The Balaban J connectivity index is 1.40. The minimum absolute atomic E-state index is 0.0232. The van der Waals surface area contributed by atoms with Crippen molar-refractivity contribution >= 4 is 12.1 Å². The number of nitrogens with one attached hydrogen (secondary N) is 2. The standard InChI is InChI=1S/C29H38N6O10/c1-6-42-25(39)21(30-27(41)45-28(3,4)5)11-18-7-9-20(10-8-18)43-15-19-14-35(33-32-19)29(16-36)22(37)12-23(44-29)34-13-17(2)24(38)31-26(34)40/h7-10,13-14,21-23,36-37H,6,11-12,15-16H2,1-5H3,(H,30,41)(H,31,38,40)/t21?,22-,23+,29+/m0/s1. The zero-order valence-electron chi connectivity index (χ0n) is 25.7. The van der Waals surface area contributed by atoms with Crippen molar-refractivity contribution < 1.29 is 38.7 Å². The number of alkyl carbamates (subject to hydrolysis) is 1. The van der Waals surface area contributed by atoms with E-state index in [-0.39, 0.29) is 31.6 Å². The van der Waals surface area contributed by atoms with Crippen LogP contribution in [0.1, 0.15) is 57.2 Å². The summed E-state index contributed by atoms with van der Waals surface area (Å²) in [5, 5.41) is 31.7. The number of hydrogen-bond donors (Lipinski definition) is 4. The smallest absolute Gasteiger partial charge is 0.408 e. The average Bonchev–Trinajstić information content (AvgIpc) is 3.58. The maximum absolute atomic E-state index is 12.5. The number of benzene rings is 1. The molecule has 0 saturated carbocycles. The molecule has 1 amide bonds. The predicted octanol–water partition coefficient (Wildman–Crippen LogP) is 0.640. The molecular weight excluding hydrogens is 592 g/mol. The Kier molecular flexibility index (Phi) is 10.1. The van der Waals surface area contributed by atoms with Gasteiger partial charge in [-0.3, -0.25) is 14.3 Å². The highest BCUT2D eigenvalue weighted by Crippen LogP contribution is 2.39. The van der Waals surface area contributed by atoms with Gasteiger partial charge in [0.15, 0.2) is 0 Å². The average molecular weight is 631 g/mol. The van der Waals surface area contributed by atoms with E-state index in [1.54, 1.807) is 52.0 Å². The van der Waals surface area contributed by atoms with Crippen molar-refractivity contribution in [2.75, 3.05) is 13.2 Å². The van der Waals surface area contributed by atoms with Crippen LogP contribution < -0.4 is 21.3 Å². The lowest BCUT2D eigenvalue weighted by molar-refractivity contribution is -0.187. The zero-order chi connectivity index (χ0) is 32.9. The second kappa shape index (κ2) is 13.6. The topological polar surface area (TPSA) is 209 Å². The summed E-state index contributed by atoms with van der Waals surface area (Å²) in [6, 6.07) is 5.88. The van der Waals surface area contributed by atoms with E-state index in [1.165, 1.54) is 24.0 Å². The van der Waals surface area contributed by atoms with Crippen LogP contribution in [-0.2, 0) is 37.8 Å². The van der Waals surface area contributed by atoms with E-state index in [2.05, 4.69) is 20.6 Å². The number of ether oxygens (including phenoxy) is 4. The summed E-state index contributed by atoms with van der Waals surface area (Å²) in [5.74, 6) is -0.112. The van der Waals surface area contributed by atoms with E-state index in [1.807, 2.05) is 0 Å². The third-order valence-corrected chi connectivity index (χ3v) is 6.91. The number of rotatable bonds is 11. The molecule has 0 spiro atoms. The highest BCUT2D eigenvalue weighted by molar-refractivity contribution is 5.81. The number of aryl methyl sites for hydroxylation is 1. The fourth-order valence-corrected chi connectivity index (χ4v) is 4.68. The molecule has 45 heavy (non-hydrogen) atoms. The van der Waals surface area contributed by atoms with Crippen LogP contribution in [-0.4, -0.2) is 77.8 Å². The Bertz CT molecular complexity index is 1610. The van der Waals surface area contributed by atoms with Gasteiger partial charge in [-0.25, -0.2) is 19.1 Å². The van der Waals surface area contributed by atoms with Crippen molar-refractivity contribution in [3.05, 3.63) is 74.3 Å². The van der Waals surface area contributed by atoms with Gasteiger partial charge in [-0.1, -0.05) is 17.3 Å². The summed E-state index contributed by atoms with van der Waals surface area (Å²) < 4.78 is 24.5. The van der Waals surface area contributed by atoms with Crippen LogP contribution in [0.2, 0.25) is 0 Å². The highest BCUT2D eigenvalue weighted by atomic mass is 16.6. The van der Waals surface area contributed by atoms with Gasteiger partial charge in [-0.15, -0.1) is 5.10 Å². The zero-order valence-corrected chi connectivity index (χ0v) is 25.7. The van der Waals surface area contributed by atoms with E-state index in [0.717, 1.165) is 10.1 Å². The predicted molar refractivity (Wildman–Crippen MR) is 156 cm³/mol. The first-order chi connectivity index (χ1) is 21.2. The molecule has 4 rings (SSSR count). The summed E-state index contributed by atoms with van der Waals surface area (Å²) >= 11 is 0. The van der Waals surface area contributed by atoms with Gasteiger partial charge in [0, 0.05) is 24.6 Å². The van der Waals surface area contributed by atoms with Crippen LogP contribution in [0.3, 0.4) is 0 Å². The molecule has 3 aromatic rings. The summed E-state index contributed by atoms with van der Waals surface area (Å²) in [4.78, 5) is 51.0. The van der Waals surface area contributed by atoms with E-state index in [9.17, 15) is 29.4 Å². The quantitative estimate of drug-likeness (QED) is 0.215. The van der Waals surface area contributed by atoms with E-state index >= 15 is 0 Å². The number of aromatic amines is 1. The molecule has 244 valence electrons. The molecule has 16 heteroatoms. The molecule has 1 aromatic carbocycles. The van der Waals surface area contributed by atoms with Crippen molar-refractivity contribution in [2.24, 2.45) is 0 Å². The second-order valence-electron chi connectivity index (χ2n) is 11.5. The van der Waals surface area contributed by atoms with Crippen LogP contribution in [0.5, 0.6) is 5.75 Å². The Morgan fingerprint density at radius 2 is 1.93 bits per heavy atom. The fraction of sp³-hybridized carbons (Fsp3) is 0.517. The number of esters is 1. The lowest BCUT2D eigenvalue weighted by atomic mass is 10.1. The molecule has 1 aliphatic rings. The molecule has 0 bridgehead atoms. The fourth-order valence-electron chi connectivity index (χ4n) is 4.68. The maximum Gasteiger partial charge on any atom is 0.408 e. The molecule has 16 nitrogen and oxygen atoms in total. The van der Waals surface area contributed by atoms with E-state index in [0.29, 0.717) is 11.4 Å². The summed E-state index contributed by atoms with van der Waals surface area (Å²) in [6.45, 7) is 7.82. The summed E-state index contributed by atoms with van der Waals surface area (Å²) in [6.07, 6.45) is -0.116. The number of carbonyl (C=O) groups excluding carboxylic acids is 2. The molecular formula is C29H38N6O10. The highest BCUT2D eigenvalue weighted by Gasteiger charge is 2.51. The largest absolute Gasteiger partial charge is 0.487 e. The number of nitrogens with zero attached hydrogens (tertiary/aromatic N) is 4. The molecule has 0 aliphatic carbocycles. The third kappa shape index (κ3) is 7.95. The first-order valence-corrected chi connectivity index (χ1v) is 14.3. The molecule has 3 heterocycles. The number of aromatic nitrogens is 5. The van der Waals surface area contributed by atoms with Gasteiger partial charge < -0.3 is 34.5 Å². The molecule has 1 aliphatic heterocycles. The first kappa shape index (κ1) is 33.4. The van der Waals surface area contributed by atoms with Crippen LogP contribution in [0.15, 0.2) is 46.2 Å². The van der Waals surface area contributed by atoms with Crippen LogP contribution in [0.4, 0.5) is 4.79 Å². The Morgan fingerprint density at radius 3 is 2.58 bits per heavy atom. The van der Waals surface area contributed by atoms with Crippen LogP contribution >= 0.6 is 0 Å². The molecule has 0 radical (unpaired) electrons. The van der Waals surface area contributed by atoms with Crippen molar-refractivity contribution in [3.63, 3.8) is 0 Å². The number of hydrogen-bond acceptors (Lipinski definition) is 12. The maximum atomic E-state index is 12.5. The van der Waals surface area contributed by atoms with Gasteiger partial charge in [0.2, 0.25) is 5.72 Å². The minimum atomic E-state index is -1.73. The molecule has 2 aromatic heterocycles. The molecule has 1 saturated heterocycles. The van der Waals surface area contributed by atoms with Crippen molar-refractivity contribution in [3.8, 4) is 5.75 Å². The SMILES string of the molecule is CCOC(=O)C(Cc1ccc(OCc2cn([C@]3(CO)O[C@@H](n4cc(C)c(=O)[nH]c4=O)C[C@@H]3O)nn2)cc1)NC(=O)OC(C)(C)C. The van der Waals surface area contributed by atoms with Gasteiger partial charge in [0.25, 0.3) is 5.56 Å². The number of aliphatic hydroxyl groups is 2. The van der Waals surface area contributed by atoms with Crippen molar-refractivity contribution in [1.82, 2.24) is 29.9 Å². The number of H-pyrrole nitrogens is 1. The molecule has 1 unspecified atom stereocenters. The van der Waals surface area contributed by atoms with Gasteiger partial charge in [0.1, 0.15) is 42.0 Å². The van der Waals surface area contributed by atoms with Crippen molar-refractivity contribution in [1.29, 1.82) is 0 Å². The van der Waals surface area contributed by atoms with Gasteiger partial charge >= 0.3 is 17.8 Å².